The summed E-state index contributed by atoms with van der Waals surface area (Å²) in [7, 11) is 0. The highest BCUT2D eigenvalue weighted by molar-refractivity contribution is 5.98. The Bertz CT molecular complexity index is 363. The average molecular weight is 250 g/mol. The Morgan fingerprint density at radius 2 is 1.67 bits per heavy atom. The average Bonchev–Trinajstić information content (AvgIpc) is 2.22. The zero-order chi connectivity index (χ0) is 14.4. The van der Waals surface area contributed by atoms with E-state index in [9.17, 15) is 9.90 Å². The van der Waals surface area contributed by atoms with Gasteiger partial charge in [-0.05, 0) is 26.2 Å². The second-order valence-corrected chi connectivity index (χ2v) is 5.75. The molecular formula is C16H26O2. The number of rotatable bonds is 5. The van der Waals surface area contributed by atoms with Crippen LogP contribution in [0.2, 0.25) is 0 Å². The number of Topliss-reactive ketones (excluding diaryl/α,β-unsaturated/α-hetero) is 1. The molecule has 0 saturated carbocycles. The van der Waals surface area contributed by atoms with E-state index in [0.717, 1.165) is 0 Å². The maximum absolute atomic E-state index is 12.1. The molecule has 0 heterocycles. The highest BCUT2D eigenvalue weighted by Gasteiger charge is 2.37. The fraction of sp³-hybridized carbons (Fsp3) is 0.562. The van der Waals surface area contributed by atoms with Crippen molar-refractivity contribution in [2.45, 2.75) is 53.6 Å². The first-order valence-corrected chi connectivity index (χ1v) is 6.37. The largest absolute Gasteiger partial charge is 0.389 e. The molecule has 18 heavy (non-hydrogen) atoms. The van der Waals surface area contributed by atoms with Gasteiger partial charge < -0.3 is 5.11 Å². The fourth-order valence-corrected chi connectivity index (χ4v) is 1.30. The first kappa shape index (κ1) is 16.9. The lowest BCUT2D eigenvalue weighted by molar-refractivity contribution is -0.124. The van der Waals surface area contributed by atoms with E-state index in [0.29, 0.717) is 5.57 Å². The topological polar surface area (TPSA) is 37.3 Å². The third-order valence-electron chi connectivity index (χ3n) is 3.33. The third-order valence-corrected chi connectivity index (χ3v) is 3.33. The van der Waals surface area contributed by atoms with Crippen molar-refractivity contribution in [3.8, 4) is 0 Å². The van der Waals surface area contributed by atoms with Crippen molar-refractivity contribution in [3.63, 3.8) is 0 Å². The monoisotopic (exact) mass is 250 g/mol. The molecule has 1 unspecified atom stereocenters. The minimum Gasteiger partial charge on any atom is -0.389 e. The Morgan fingerprint density at radius 3 is 2.06 bits per heavy atom. The van der Waals surface area contributed by atoms with Crippen molar-refractivity contribution in [1.82, 2.24) is 0 Å². The summed E-state index contributed by atoms with van der Waals surface area (Å²) in [5, 5.41) is 10.4. The predicted octanol–water partition coefficient (Wildman–Crippen LogP) is 3.82. The number of ketones is 1. The molecule has 1 atom stereocenters. The molecule has 102 valence electrons. The molecule has 0 aromatic heterocycles. The maximum atomic E-state index is 12.1. The molecule has 0 aromatic carbocycles. The number of allylic oxidation sites excluding steroid dienone is 6. The smallest absolute Gasteiger partial charge is 0.165 e. The second kappa shape index (κ2) is 6.69. The van der Waals surface area contributed by atoms with Crippen molar-refractivity contribution < 1.29 is 9.90 Å². The number of carbonyl (C=O) groups is 1. The minimum atomic E-state index is -1.01. The number of hydrogen-bond acceptors (Lipinski definition) is 2. The van der Waals surface area contributed by atoms with Crippen LogP contribution >= 0.6 is 0 Å². The quantitative estimate of drug-likeness (QED) is 0.595. The summed E-state index contributed by atoms with van der Waals surface area (Å²) in [5.74, 6) is -0.0295. The fourth-order valence-electron chi connectivity index (χ4n) is 1.30. The Kier molecular flexibility index (Phi) is 6.27. The van der Waals surface area contributed by atoms with Crippen LogP contribution in [-0.4, -0.2) is 16.5 Å². The lowest BCUT2D eigenvalue weighted by Crippen LogP contribution is -2.41. The molecule has 0 radical (unpaired) electrons. The summed E-state index contributed by atoms with van der Waals surface area (Å²) >= 11 is 0. The van der Waals surface area contributed by atoms with Gasteiger partial charge in [-0.15, -0.1) is 0 Å². The predicted molar refractivity (Wildman–Crippen MR) is 77.4 cm³/mol. The lowest BCUT2D eigenvalue weighted by Gasteiger charge is -2.36. The Hall–Kier alpha value is -1.15. The molecule has 0 rings (SSSR count). The van der Waals surface area contributed by atoms with E-state index in [1.165, 1.54) is 0 Å². The molecular weight excluding hydrogens is 224 g/mol. The highest BCUT2D eigenvalue weighted by Crippen LogP contribution is 2.33. The van der Waals surface area contributed by atoms with Gasteiger partial charge in [0, 0.05) is 12.0 Å². The number of hydrogen-bond donors (Lipinski definition) is 1. The molecule has 0 bridgehead atoms. The molecule has 0 aliphatic carbocycles. The Balaban J connectivity index is 4.86. The van der Waals surface area contributed by atoms with Gasteiger partial charge in [-0.2, -0.15) is 0 Å². The molecule has 1 N–H and O–H groups in total. The van der Waals surface area contributed by atoms with Crippen molar-refractivity contribution >= 4 is 5.78 Å². The van der Waals surface area contributed by atoms with Gasteiger partial charge in [-0.25, -0.2) is 0 Å². The highest BCUT2D eigenvalue weighted by atomic mass is 16.3. The van der Waals surface area contributed by atoms with E-state index >= 15 is 0 Å². The van der Waals surface area contributed by atoms with Gasteiger partial charge in [-0.3, -0.25) is 4.79 Å². The Morgan fingerprint density at radius 1 is 1.11 bits per heavy atom. The zero-order valence-electron chi connectivity index (χ0n) is 12.4. The molecule has 0 aliphatic heterocycles. The van der Waals surface area contributed by atoms with E-state index in [-0.39, 0.29) is 17.6 Å². The van der Waals surface area contributed by atoms with Gasteiger partial charge in [0.1, 0.15) is 0 Å². The number of aliphatic hydroxyl groups is 1. The van der Waals surface area contributed by atoms with E-state index in [1.54, 1.807) is 19.1 Å². The van der Waals surface area contributed by atoms with Gasteiger partial charge in [0.25, 0.3) is 0 Å². The SMILES string of the molecule is C\C=C/C=C\C(=C\C)C(=O)CC(C)(O)C(C)(C)C. The third kappa shape index (κ3) is 5.01. The summed E-state index contributed by atoms with van der Waals surface area (Å²) in [6, 6.07) is 0. The first-order valence-electron chi connectivity index (χ1n) is 6.37. The number of carbonyl (C=O) groups excluding carboxylic acids is 1. The van der Waals surface area contributed by atoms with E-state index < -0.39 is 5.60 Å². The summed E-state index contributed by atoms with van der Waals surface area (Å²) in [4.78, 5) is 12.1. The molecule has 0 saturated heterocycles. The molecule has 0 fully saturated rings. The zero-order valence-corrected chi connectivity index (χ0v) is 12.4. The van der Waals surface area contributed by atoms with Crippen LogP contribution in [-0.2, 0) is 4.79 Å². The Labute approximate surface area is 111 Å². The van der Waals surface area contributed by atoms with Gasteiger partial charge in [0.2, 0.25) is 0 Å². The van der Waals surface area contributed by atoms with E-state index in [1.807, 2.05) is 52.8 Å². The summed E-state index contributed by atoms with van der Waals surface area (Å²) in [6.45, 7) is 11.3. The van der Waals surface area contributed by atoms with Crippen LogP contribution in [0.15, 0.2) is 36.0 Å². The van der Waals surface area contributed by atoms with Gasteiger partial charge in [0.05, 0.1) is 5.60 Å². The van der Waals surface area contributed by atoms with Crippen LogP contribution in [0, 0.1) is 5.41 Å². The summed E-state index contributed by atoms with van der Waals surface area (Å²) < 4.78 is 0. The van der Waals surface area contributed by atoms with E-state index in [2.05, 4.69) is 0 Å². The molecule has 0 amide bonds. The normalized spacial score (nSPS) is 17.4. The van der Waals surface area contributed by atoms with Crippen molar-refractivity contribution in [2.24, 2.45) is 5.41 Å². The van der Waals surface area contributed by atoms with Gasteiger partial charge in [0.15, 0.2) is 5.78 Å². The maximum Gasteiger partial charge on any atom is 0.165 e. The molecule has 2 nitrogen and oxygen atoms in total. The van der Waals surface area contributed by atoms with Crippen LogP contribution in [0.3, 0.4) is 0 Å². The van der Waals surface area contributed by atoms with Crippen LogP contribution in [0.5, 0.6) is 0 Å². The van der Waals surface area contributed by atoms with Crippen LogP contribution in [0.4, 0.5) is 0 Å². The minimum absolute atomic E-state index is 0.0295. The lowest BCUT2D eigenvalue weighted by atomic mass is 9.74. The molecule has 0 aliphatic rings. The first-order chi connectivity index (χ1) is 8.15. The standard InChI is InChI=1S/C16H26O2/c1-7-9-10-11-13(8-2)14(17)12-16(6,18)15(3,4)5/h7-11,18H,12H2,1-6H3/b9-7-,11-10-,13-8-. The van der Waals surface area contributed by atoms with E-state index in [4.69, 9.17) is 0 Å². The van der Waals surface area contributed by atoms with Crippen molar-refractivity contribution in [1.29, 1.82) is 0 Å². The summed E-state index contributed by atoms with van der Waals surface area (Å²) in [6.07, 6.45) is 9.30. The van der Waals surface area contributed by atoms with Gasteiger partial charge >= 0.3 is 0 Å². The van der Waals surface area contributed by atoms with Crippen molar-refractivity contribution in [2.75, 3.05) is 0 Å². The molecule has 2 heteroatoms. The van der Waals surface area contributed by atoms with Crippen molar-refractivity contribution in [3.05, 3.63) is 36.0 Å². The van der Waals surface area contributed by atoms with Crippen LogP contribution in [0.25, 0.3) is 0 Å². The molecule has 0 aromatic rings. The van der Waals surface area contributed by atoms with Crippen LogP contribution < -0.4 is 0 Å². The van der Waals surface area contributed by atoms with Crippen LogP contribution in [0.1, 0.15) is 48.0 Å². The second-order valence-electron chi connectivity index (χ2n) is 5.75. The molecule has 0 spiro atoms. The summed E-state index contributed by atoms with van der Waals surface area (Å²) in [5.41, 5.74) is -0.695. The van der Waals surface area contributed by atoms with Gasteiger partial charge in [-0.1, -0.05) is 51.2 Å².